The van der Waals surface area contributed by atoms with Crippen molar-refractivity contribution in [3.63, 3.8) is 0 Å². The van der Waals surface area contributed by atoms with E-state index in [1.54, 1.807) is 11.8 Å². The molecular weight excluding hydrogens is 314 g/mol. The fourth-order valence-electron chi connectivity index (χ4n) is 2.35. The standard InChI is InChI=1S/C21H19NOS/c1-15-12-13-17(14-16(15)2)21(23)22-19-10-6-7-11-20(19)24-18-8-4-3-5-9-18/h3-14H,1-2H3,(H,22,23). The first-order valence-corrected chi connectivity index (χ1v) is 8.65. The second-order valence-electron chi connectivity index (χ2n) is 5.66. The maximum Gasteiger partial charge on any atom is 0.255 e. The lowest BCUT2D eigenvalue weighted by molar-refractivity contribution is 0.102. The summed E-state index contributed by atoms with van der Waals surface area (Å²) in [6.45, 7) is 4.06. The SMILES string of the molecule is Cc1ccc(C(=O)Nc2ccccc2Sc2ccccc2)cc1C. The summed E-state index contributed by atoms with van der Waals surface area (Å²) in [5, 5.41) is 3.03. The number of nitrogens with one attached hydrogen (secondary N) is 1. The van der Waals surface area contributed by atoms with Crippen LogP contribution in [0, 0.1) is 13.8 Å². The van der Waals surface area contributed by atoms with Crippen LogP contribution in [-0.2, 0) is 0 Å². The van der Waals surface area contributed by atoms with Crippen LogP contribution in [0.1, 0.15) is 21.5 Å². The maximum absolute atomic E-state index is 12.6. The molecule has 3 rings (SSSR count). The van der Waals surface area contributed by atoms with Crippen molar-refractivity contribution in [2.24, 2.45) is 0 Å². The van der Waals surface area contributed by atoms with Crippen LogP contribution in [0.25, 0.3) is 0 Å². The number of para-hydroxylation sites is 1. The van der Waals surface area contributed by atoms with Crippen molar-refractivity contribution in [1.82, 2.24) is 0 Å². The van der Waals surface area contributed by atoms with Crippen molar-refractivity contribution < 1.29 is 4.79 Å². The molecule has 0 atom stereocenters. The number of hydrogen-bond acceptors (Lipinski definition) is 2. The van der Waals surface area contributed by atoms with Gasteiger partial charge in [-0.15, -0.1) is 0 Å². The molecule has 3 aromatic carbocycles. The molecule has 0 aliphatic carbocycles. The van der Waals surface area contributed by atoms with Crippen LogP contribution in [0.3, 0.4) is 0 Å². The molecule has 0 spiro atoms. The Labute approximate surface area is 146 Å². The van der Waals surface area contributed by atoms with Crippen LogP contribution in [-0.4, -0.2) is 5.91 Å². The monoisotopic (exact) mass is 333 g/mol. The van der Waals surface area contributed by atoms with Crippen molar-refractivity contribution in [2.75, 3.05) is 5.32 Å². The highest BCUT2D eigenvalue weighted by atomic mass is 32.2. The van der Waals surface area contributed by atoms with E-state index < -0.39 is 0 Å². The van der Waals surface area contributed by atoms with E-state index >= 15 is 0 Å². The van der Waals surface area contributed by atoms with Gasteiger partial charge in [0.05, 0.1) is 5.69 Å². The third-order valence-corrected chi connectivity index (χ3v) is 4.96. The maximum atomic E-state index is 12.6. The predicted molar refractivity (Wildman–Crippen MR) is 101 cm³/mol. The van der Waals surface area contributed by atoms with Crippen molar-refractivity contribution in [3.05, 3.63) is 89.5 Å². The van der Waals surface area contributed by atoms with Crippen molar-refractivity contribution in [2.45, 2.75) is 23.6 Å². The third-order valence-electron chi connectivity index (χ3n) is 3.88. The molecule has 2 nitrogen and oxygen atoms in total. The molecule has 0 radical (unpaired) electrons. The van der Waals surface area contributed by atoms with Crippen molar-refractivity contribution in [1.29, 1.82) is 0 Å². The molecule has 0 aliphatic rings. The van der Waals surface area contributed by atoms with Gasteiger partial charge < -0.3 is 5.32 Å². The van der Waals surface area contributed by atoms with Gasteiger partial charge in [-0.3, -0.25) is 4.79 Å². The largest absolute Gasteiger partial charge is 0.321 e. The number of hydrogen-bond donors (Lipinski definition) is 1. The summed E-state index contributed by atoms with van der Waals surface area (Å²) < 4.78 is 0. The molecule has 0 unspecified atom stereocenters. The molecule has 0 aromatic heterocycles. The van der Waals surface area contributed by atoms with Gasteiger partial charge in [-0.25, -0.2) is 0 Å². The smallest absolute Gasteiger partial charge is 0.255 e. The highest BCUT2D eigenvalue weighted by Gasteiger charge is 2.10. The van der Waals surface area contributed by atoms with Gasteiger partial charge in [0.25, 0.3) is 5.91 Å². The summed E-state index contributed by atoms with van der Waals surface area (Å²) in [7, 11) is 0. The van der Waals surface area contributed by atoms with Crippen LogP contribution < -0.4 is 5.32 Å². The Kier molecular flexibility index (Phi) is 5.02. The zero-order chi connectivity index (χ0) is 16.9. The second-order valence-corrected chi connectivity index (χ2v) is 6.78. The first kappa shape index (κ1) is 16.3. The van der Waals surface area contributed by atoms with Gasteiger partial charge >= 0.3 is 0 Å². The minimum absolute atomic E-state index is 0.0841. The number of carbonyl (C=O) groups is 1. The van der Waals surface area contributed by atoms with Crippen LogP contribution in [0.5, 0.6) is 0 Å². The fraction of sp³-hybridized carbons (Fsp3) is 0.0952. The summed E-state index contributed by atoms with van der Waals surface area (Å²) >= 11 is 1.64. The lowest BCUT2D eigenvalue weighted by atomic mass is 10.1. The summed E-state index contributed by atoms with van der Waals surface area (Å²) in [5.74, 6) is -0.0841. The van der Waals surface area contributed by atoms with E-state index in [-0.39, 0.29) is 5.91 Å². The van der Waals surface area contributed by atoms with Crippen molar-refractivity contribution >= 4 is 23.4 Å². The van der Waals surface area contributed by atoms with Gasteiger partial charge in [-0.05, 0) is 61.4 Å². The summed E-state index contributed by atoms with van der Waals surface area (Å²) in [6.07, 6.45) is 0. The molecule has 0 bridgehead atoms. The molecule has 3 heteroatoms. The topological polar surface area (TPSA) is 29.1 Å². The number of aryl methyl sites for hydroxylation is 2. The van der Waals surface area contributed by atoms with E-state index in [1.165, 1.54) is 5.56 Å². The highest BCUT2D eigenvalue weighted by molar-refractivity contribution is 7.99. The van der Waals surface area contributed by atoms with E-state index in [0.29, 0.717) is 5.56 Å². The third kappa shape index (κ3) is 3.87. The zero-order valence-corrected chi connectivity index (χ0v) is 14.6. The molecule has 120 valence electrons. The average molecular weight is 333 g/mol. The van der Waals surface area contributed by atoms with Crippen LogP contribution >= 0.6 is 11.8 Å². The minimum Gasteiger partial charge on any atom is -0.321 e. The molecule has 0 aliphatic heterocycles. The summed E-state index contributed by atoms with van der Waals surface area (Å²) in [5.41, 5.74) is 3.81. The van der Waals surface area contributed by atoms with Gasteiger partial charge in [-0.2, -0.15) is 0 Å². The first-order valence-electron chi connectivity index (χ1n) is 7.84. The Morgan fingerprint density at radius 1 is 0.833 bits per heavy atom. The first-order chi connectivity index (χ1) is 11.6. The normalized spacial score (nSPS) is 10.4. The Bertz CT molecular complexity index is 859. The number of rotatable bonds is 4. The highest BCUT2D eigenvalue weighted by Crippen LogP contribution is 2.33. The molecule has 1 amide bonds. The molecule has 1 N–H and O–H groups in total. The fourth-order valence-corrected chi connectivity index (χ4v) is 3.27. The van der Waals surface area contributed by atoms with Gasteiger partial charge in [0, 0.05) is 15.4 Å². The minimum atomic E-state index is -0.0841. The zero-order valence-electron chi connectivity index (χ0n) is 13.7. The average Bonchev–Trinajstić information content (AvgIpc) is 2.60. The van der Waals surface area contributed by atoms with Crippen LogP contribution in [0.2, 0.25) is 0 Å². The molecule has 0 saturated carbocycles. The van der Waals surface area contributed by atoms with Crippen LogP contribution in [0.4, 0.5) is 5.69 Å². The molecule has 24 heavy (non-hydrogen) atoms. The van der Waals surface area contributed by atoms with E-state index in [1.807, 2.05) is 74.5 Å². The molecule has 0 saturated heterocycles. The molecule has 3 aromatic rings. The number of anilines is 1. The van der Waals surface area contributed by atoms with Gasteiger partial charge in [0.2, 0.25) is 0 Å². The number of carbonyl (C=O) groups excluding carboxylic acids is 1. The Balaban J connectivity index is 1.82. The molecule has 0 fully saturated rings. The second kappa shape index (κ2) is 7.37. The summed E-state index contributed by atoms with van der Waals surface area (Å²) in [6, 6.07) is 23.8. The quantitative estimate of drug-likeness (QED) is 0.663. The Morgan fingerprint density at radius 3 is 2.29 bits per heavy atom. The number of amides is 1. The van der Waals surface area contributed by atoms with Gasteiger partial charge in [0.15, 0.2) is 0 Å². The van der Waals surface area contributed by atoms with Crippen molar-refractivity contribution in [3.8, 4) is 0 Å². The van der Waals surface area contributed by atoms with Gasteiger partial charge in [0.1, 0.15) is 0 Å². The molecular formula is C21H19NOS. The molecule has 0 heterocycles. The van der Waals surface area contributed by atoms with E-state index in [4.69, 9.17) is 0 Å². The number of benzene rings is 3. The van der Waals surface area contributed by atoms with E-state index in [0.717, 1.165) is 21.0 Å². The predicted octanol–water partition coefficient (Wildman–Crippen LogP) is 5.71. The lowest BCUT2D eigenvalue weighted by Crippen LogP contribution is -2.12. The van der Waals surface area contributed by atoms with E-state index in [2.05, 4.69) is 17.4 Å². The Morgan fingerprint density at radius 2 is 1.54 bits per heavy atom. The van der Waals surface area contributed by atoms with E-state index in [9.17, 15) is 4.79 Å². The Hall–Kier alpha value is -2.52. The lowest BCUT2D eigenvalue weighted by Gasteiger charge is -2.11. The van der Waals surface area contributed by atoms with Gasteiger partial charge in [-0.1, -0.05) is 48.2 Å². The summed E-state index contributed by atoms with van der Waals surface area (Å²) in [4.78, 5) is 14.7. The van der Waals surface area contributed by atoms with Crippen LogP contribution in [0.15, 0.2) is 82.6 Å².